The molecule has 0 N–H and O–H groups in total. The lowest BCUT2D eigenvalue weighted by Gasteiger charge is -2.39. The Morgan fingerprint density at radius 3 is 2.32 bits per heavy atom. The minimum absolute atomic E-state index is 0.130. The van der Waals surface area contributed by atoms with E-state index in [0.29, 0.717) is 5.41 Å². The van der Waals surface area contributed by atoms with Gasteiger partial charge in [-0.25, -0.2) is 4.79 Å². The summed E-state index contributed by atoms with van der Waals surface area (Å²) in [6.45, 7) is 13.5. The lowest BCUT2D eigenvalue weighted by atomic mass is 9.78. The van der Waals surface area contributed by atoms with Crippen molar-refractivity contribution in [3.63, 3.8) is 0 Å². The molecule has 4 heteroatoms. The summed E-state index contributed by atoms with van der Waals surface area (Å²) in [5, 5.41) is 0. The summed E-state index contributed by atoms with van der Waals surface area (Å²) in [5.74, 6) is 0. The van der Waals surface area contributed by atoms with Gasteiger partial charge in [-0.1, -0.05) is 19.8 Å². The van der Waals surface area contributed by atoms with E-state index in [0.717, 1.165) is 19.5 Å². The van der Waals surface area contributed by atoms with E-state index >= 15 is 0 Å². The highest BCUT2D eigenvalue weighted by Gasteiger charge is 2.42. The van der Waals surface area contributed by atoms with Crippen LogP contribution in [0.5, 0.6) is 0 Å². The normalized spacial score (nSPS) is 22.3. The molecule has 0 radical (unpaired) electrons. The predicted molar refractivity (Wildman–Crippen MR) is 90.1 cm³/mol. The predicted octanol–water partition coefficient (Wildman–Crippen LogP) is 3.90. The topological polar surface area (TPSA) is 32.8 Å². The molecule has 2 aliphatic rings. The molecule has 0 saturated carbocycles. The van der Waals surface area contributed by atoms with Crippen molar-refractivity contribution < 1.29 is 9.53 Å². The largest absolute Gasteiger partial charge is 0.444 e. The average molecular weight is 310 g/mol. The third-order valence-corrected chi connectivity index (χ3v) is 5.08. The maximum Gasteiger partial charge on any atom is 0.410 e. The fraction of sp³-hybridized carbons (Fsp3) is 0.944. The van der Waals surface area contributed by atoms with Crippen molar-refractivity contribution in [2.75, 3.05) is 32.7 Å². The standard InChI is InChI=1S/C18H34N2O2/c1-5-6-7-11-19-12-8-18(9-13-19)10-14-20(15-18)16(21)22-17(2,3)4/h5-15H2,1-4H3. The van der Waals surface area contributed by atoms with Gasteiger partial charge >= 0.3 is 6.09 Å². The molecule has 2 saturated heterocycles. The first kappa shape index (κ1) is 17.6. The van der Waals surface area contributed by atoms with Gasteiger partial charge in [-0.15, -0.1) is 0 Å². The Hall–Kier alpha value is -0.770. The molecule has 2 aliphatic heterocycles. The van der Waals surface area contributed by atoms with Gasteiger partial charge in [-0.3, -0.25) is 0 Å². The van der Waals surface area contributed by atoms with E-state index in [4.69, 9.17) is 4.74 Å². The van der Waals surface area contributed by atoms with Gasteiger partial charge in [0.05, 0.1) is 0 Å². The zero-order valence-corrected chi connectivity index (χ0v) is 15.0. The molecule has 0 atom stereocenters. The Morgan fingerprint density at radius 2 is 1.73 bits per heavy atom. The number of hydrogen-bond donors (Lipinski definition) is 0. The van der Waals surface area contributed by atoms with E-state index < -0.39 is 5.60 Å². The van der Waals surface area contributed by atoms with E-state index in [2.05, 4.69) is 11.8 Å². The number of ether oxygens (including phenoxy) is 1. The average Bonchev–Trinajstić information content (AvgIpc) is 2.84. The van der Waals surface area contributed by atoms with Crippen molar-refractivity contribution in [1.82, 2.24) is 9.80 Å². The van der Waals surface area contributed by atoms with Crippen LogP contribution in [0.1, 0.15) is 66.2 Å². The molecule has 0 bridgehead atoms. The van der Waals surface area contributed by atoms with Crippen molar-refractivity contribution >= 4 is 6.09 Å². The lowest BCUT2D eigenvalue weighted by molar-refractivity contribution is 0.0247. The van der Waals surface area contributed by atoms with Crippen LogP contribution in [0.2, 0.25) is 0 Å². The van der Waals surface area contributed by atoms with Crippen LogP contribution >= 0.6 is 0 Å². The Kier molecular flexibility index (Phi) is 5.76. The summed E-state index contributed by atoms with van der Waals surface area (Å²) < 4.78 is 5.52. The molecule has 4 nitrogen and oxygen atoms in total. The van der Waals surface area contributed by atoms with Crippen LogP contribution in [0.4, 0.5) is 4.79 Å². The molecule has 1 amide bonds. The third-order valence-electron chi connectivity index (χ3n) is 5.08. The highest BCUT2D eigenvalue weighted by Crippen LogP contribution is 2.40. The van der Waals surface area contributed by atoms with E-state index in [1.165, 1.54) is 51.7 Å². The molecule has 2 fully saturated rings. The second-order valence-electron chi connectivity index (χ2n) is 8.20. The smallest absolute Gasteiger partial charge is 0.410 e. The van der Waals surface area contributed by atoms with Gasteiger partial charge in [0, 0.05) is 13.1 Å². The Bertz CT molecular complexity index is 368. The van der Waals surface area contributed by atoms with Gasteiger partial charge in [0.2, 0.25) is 0 Å². The number of carbonyl (C=O) groups excluding carboxylic acids is 1. The van der Waals surface area contributed by atoms with Crippen molar-refractivity contribution in [3.05, 3.63) is 0 Å². The summed E-state index contributed by atoms with van der Waals surface area (Å²) in [6, 6.07) is 0. The Labute approximate surface area is 136 Å². The molecular formula is C18H34N2O2. The van der Waals surface area contributed by atoms with Crippen LogP contribution in [0.25, 0.3) is 0 Å². The second-order valence-corrected chi connectivity index (χ2v) is 8.20. The van der Waals surface area contributed by atoms with Crippen LogP contribution in [0.15, 0.2) is 0 Å². The summed E-state index contributed by atoms with van der Waals surface area (Å²) in [4.78, 5) is 16.8. The molecule has 0 aromatic rings. The van der Waals surface area contributed by atoms with E-state index in [1.807, 2.05) is 25.7 Å². The monoisotopic (exact) mass is 310 g/mol. The fourth-order valence-corrected chi connectivity index (χ4v) is 3.66. The minimum Gasteiger partial charge on any atom is -0.444 e. The molecule has 2 heterocycles. The van der Waals surface area contributed by atoms with E-state index in [9.17, 15) is 4.79 Å². The number of rotatable bonds is 4. The number of carbonyl (C=O) groups is 1. The Balaban J connectivity index is 1.77. The number of nitrogens with zero attached hydrogens (tertiary/aromatic N) is 2. The zero-order chi connectivity index (χ0) is 16.2. The molecule has 0 aliphatic carbocycles. The maximum atomic E-state index is 12.2. The maximum absolute atomic E-state index is 12.2. The highest BCUT2D eigenvalue weighted by atomic mass is 16.6. The van der Waals surface area contributed by atoms with Crippen LogP contribution in [0.3, 0.4) is 0 Å². The number of piperidine rings is 1. The summed E-state index contributed by atoms with van der Waals surface area (Å²) in [6.07, 6.45) is 7.45. The first-order chi connectivity index (χ1) is 10.3. The van der Waals surface area contributed by atoms with Crippen LogP contribution in [-0.4, -0.2) is 54.2 Å². The number of amides is 1. The van der Waals surface area contributed by atoms with Crippen molar-refractivity contribution in [2.24, 2.45) is 5.41 Å². The fourth-order valence-electron chi connectivity index (χ4n) is 3.66. The molecular weight excluding hydrogens is 276 g/mol. The van der Waals surface area contributed by atoms with Gasteiger partial charge in [-0.05, 0) is 71.5 Å². The molecule has 0 aromatic carbocycles. The number of unbranched alkanes of at least 4 members (excludes halogenated alkanes) is 2. The second kappa shape index (κ2) is 7.20. The van der Waals surface area contributed by atoms with Crippen LogP contribution < -0.4 is 0 Å². The highest BCUT2D eigenvalue weighted by molar-refractivity contribution is 5.68. The van der Waals surface area contributed by atoms with Crippen molar-refractivity contribution in [2.45, 2.75) is 71.8 Å². The first-order valence-corrected chi connectivity index (χ1v) is 9.04. The van der Waals surface area contributed by atoms with Crippen molar-refractivity contribution in [1.29, 1.82) is 0 Å². The van der Waals surface area contributed by atoms with Gasteiger partial charge in [0.25, 0.3) is 0 Å². The molecule has 0 unspecified atom stereocenters. The Morgan fingerprint density at radius 1 is 1.09 bits per heavy atom. The number of likely N-dealkylation sites (tertiary alicyclic amines) is 2. The van der Waals surface area contributed by atoms with E-state index in [-0.39, 0.29) is 6.09 Å². The van der Waals surface area contributed by atoms with Crippen molar-refractivity contribution in [3.8, 4) is 0 Å². The molecule has 0 aromatic heterocycles. The molecule has 22 heavy (non-hydrogen) atoms. The van der Waals surface area contributed by atoms with Gasteiger partial charge in [0.1, 0.15) is 5.60 Å². The minimum atomic E-state index is -0.393. The summed E-state index contributed by atoms with van der Waals surface area (Å²) in [7, 11) is 0. The molecule has 2 rings (SSSR count). The van der Waals surface area contributed by atoms with Crippen LogP contribution in [0, 0.1) is 5.41 Å². The lowest BCUT2D eigenvalue weighted by Crippen LogP contribution is -2.43. The summed E-state index contributed by atoms with van der Waals surface area (Å²) >= 11 is 0. The molecule has 128 valence electrons. The molecule has 1 spiro atoms. The van der Waals surface area contributed by atoms with Crippen LogP contribution in [-0.2, 0) is 4.74 Å². The van der Waals surface area contributed by atoms with Gasteiger partial charge in [-0.2, -0.15) is 0 Å². The number of hydrogen-bond acceptors (Lipinski definition) is 3. The first-order valence-electron chi connectivity index (χ1n) is 9.04. The van der Waals surface area contributed by atoms with E-state index in [1.54, 1.807) is 0 Å². The third kappa shape index (κ3) is 4.87. The summed E-state index contributed by atoms with van der Waals surface area (Å²) in [5.41, 5.74) is -0.0341. The SMILES string of the molecule is CCCCCN1CCC2(CC1)CCN(C(=O)OC(C)(C)C)C2. The van der Waals surface area contributed by atoms with Gasteiger partial charge < -0.3 is 14.5 Å². The zero-order valence-electron chi connectivity index (χ0n) is 15.0. The van der Waals surface area contributed by atoms with Gasteiger partial charge in [0.15, 0.2) is 0 Å². The quantitative estimate of drug-likeness (QED) is 0.738.